The monoisotopic (exact) mass is 345 g/mol. The Hall–Kier alpha value is -3.74. The van der Waals surface area contributed by atoms with E-state index in [0.717, 1.165) is 22.3 Å². The van der Waals surface area contributed by atoms with E-state index in [9.17, 15) is 4.79 Å². The molecule has 0 aliphatic carbocycles. The van der Waals surface area contributed by atoms with E-state index in [-0.39, 0.29) is 11.6 Å². The molecule has 2 aromatic heterocycles. The number of carbonyl (C=O) groups is 1. The first-order chi connectivity index (χ1) is 12.7. The highest BCUT2D eigenvalue weighted by atomic mass is 16.5. The number of nitrogens with one attached hydrogen (secondary N) is 1. The zero-order valence-electron chi connectivity index (χ0n) is 14.0. The number of carbonyl (C=O) groups excluding carboxylic acids is 1. The zero-order valence-corrected chi connectivity index (χ0v) is 14.0. The third kappa shape index (κ3) is 2.98. The van der Waals surface area contributed by atoms with Crippen LogP contribution < -0.4 is 10.1 Å². The van der Waals surface area contributed by atoms with Gasteiger partial charge in [0.1, 0.15) is 5.75 Å². The average molecular weight is 345 g/mol. The molecule has 2 aromatic carbocycles. The summed E-state index contributed by atoms with van der Waals surface area (Å²) in [6.07, 6.45) is 3.30. The van der Waals surface area contributed by atoms with Crippen LogP contribution in [0, 0.1) is 0 Å². The molecule has 0 saturated carbocycles. The molecule has 0 saturated heterocycles. The molecule has 4 aromatic rings. The quantitative estimate of drug-likeness (QED) is 0.615. The number of anilines is 1. The highest BCUT2D eigenvalue weighted by Gasteiger charge is 2.13. The van der Waals surface area contributed by atoms with Crippen LogP contribution in [0.2, 0.25) is 0 Å². The second kappa shape index (κ2) is 6.64. The number of methoxy groups -OCH3 is 1. The first-order valence-electron chi connectivity index (χ1n) is 7.96. The van der Waals surface area contributed by atoms with Gasteiger partial charge in [0.25, 0.3) is 5.91 Å². The van der Waals surface area contributed by atoms with Gasteiger partial charge in [0.2, 0.25) is 0 Å². The second-order valence-electron chi connectivity index (χ2n) is 5.58. The number of fused-ring (bicyclic) bond motifs is 1. The molecule has 0 bridgehead atoms. The molecule has 1 N–H and O–H groups in total. The fourth-order valence-electron chi connectivity index (χ4n) is 2.63. The SMILES string of the molecule is COc1ccc(-n2cc(C(=O)Nc3cccc4ncccc34)nn2)cc1. The van der Waals surface area contributed by atoms with Crippen LogP contribution in [0.25, 0.3) is 16.6 Å². The van der Waals surface area contributed by atoms with Gasteiger partial charge < -0.3 is 10.1 Å². The fourth-order valence-corrected chi connectivity index (χ4v) is 2.63. The van der Waals surface area contributed by atoms with Crippen molar-refractivity contribution in [1.82, 2.24) is 20.0 Å². The number of rotatable bonds is 4. The number of nitrogens with zero attached hydrogens (tertiary/aromatic N) is 4. The van der Waals surface area contributed by atoms with Gasteiger partial charge in [-0.1, -0.05) is 11.3 Å². The minimum absolute atomic E-state index is 0.224. The highest BCUT2D eigenvalue weighted by Crippen LogP contribution is 2.22. The molecule has 7 nitrogen and oxygen atoms in total. The van der Waals surface area contributed by atoms with Gasteiger partial charge in [0, 0.05) is 11.6 Å². The topological polar surface area (TPSA) is 81.9 Å². The molecule has 2 heterocycles. The number of hydrogen-bond donors (Lipinski definition) is 1. The number of pyridine rings is 1. The van der Waals surface area contributed by atoms with Crippen LogP contribution in [0.4, 0.5) is 5.69 Å². The van der Waals surface area contributed by atoms with Crippen molar-refractivity contribution in [3.05, 3.63) is 72.7 Å². The Kier molecular flexibility index (Phi) is 4.03. The van der Waals surface area contributed by atoms with Crippen molar-refractivity contribution >= 4 is 22.5 Å². The fraction of sp³-hybridized carbons (Fsp3) is 0.0526. The first kappa shape index (κ1) is 15.8. The van der Waals surface area contributed by atoms with Crippen LogP contribution in [0.5, 0.6) is 5.75 Å². The summed E-state index contributed by atoms with van der Waals surface area (Å²) in [4.78, 5) is 16.8. The van der Waals surface area contributed by atoms with Gasteiger partial charge in [-0.25, -0.2) is 4.68 Å². The lowest BCUT2D eigenvalue weighted by atomic mass is 10.2. The normalized spacial score (nSPS) is 10.7. The molecule has 0 unspecified atom stereocenters. The minimum atomic E-state index is -0.332. The Labute approximate surface area is 149 Å². The Bertz CT molecular complexity index is 1070. The van der Waals surface area contributed by atoms with E-state index in [0.29, 0.717) is 5.69 Å². The lowest BCUT2D eigenvalue weighted by Crippen LogP contribution is -2.12. The van der Waals surface area contributed by atoms with E-state index in [2.05, 4.69) is 20.6 Å². The number of ether oxygens (including phenoxy) is 1. The van der Waals surface area contributed by atoms with E-state index in [1.165, 1.54) is 0 Å². The Morgan fingerprint density at radius 3 is 2.73 bits per heavy atom. The predicted molar refractivity (Wildman–Crippen MR) is 97.6 cm³/mol. The van der Waals surface area contributed by atoms with Crippen molar-refractivity contribution in [2.24, 2.45) is 0 Å². The van der Waals surface area contributed by atoms with Crippen LogP contribution in [0.3, 0.4) is 0 Å². The summed E-state index contributed by atoms with van der Waals surface area (Å²) in [7, 11) is 1.61. The van der Waals surface area contributed by atoms with Crippen LogP contribution in [0.1, 0.15) is 10.5 Å². The molecule has 0 spiro atoms. The molecule has 1 amide bonds. The smallest absolute Gasteiger partial charge is 0.277 e. The lowest BCUT2D eigenvalue weighted by molar-refractivity contribution is 0.102. The van der Waals surface area contributed by atoms with E-state index in [1.54, 1.807) is 24.2 Å². The molecular weight excluding hydrogens is 330 g/mol. The number of aromatic nitrogens is 4. The van der Waals surface area contributed by atoms with Gasteiger partial charge in [-0.15, -0.1) is 5.10 Å². The number of benzene rings is 2. The van der Waals surface area contributed by atoms with E-state index >= 15 is 0 Å². The molecule has 0 radical (unpaired) electrons. The molecule has 0 atom stereocenters. The van der Waals surface area contributed by atoms with Crippen molar-refractivity contribution in [3.63, 3.8) is 0 Å². The molecule has 0 fully saturated rings. The molecule has 7 heteroatoms. The van der Waals surface area contributed by atoms with E-state index in [4.69, 9.17) is 4.74 Å². The molecule has 0 aliphatic heterocycles. The van der Waals surface area contributed by atoms with Crippen LogP contribution in [-0.4, -0.2) is 33.0 Å². The van der Waals surface area contributed by atoms with Crippen LogP contribution >= 0.6 is 0 Å². The second-order valence-corrected chi connectivity index (χ2v) is 5.58. The van der Waals surface area contributed by atoms with Gasteiger partial charge in [0.15, 0.2) is 5.69 Å². The van der Waals surface area contributed by atoms with Crippen molar-refractivity contribution in [3.8, 4) is 11.4 Å². The largest absolute Gasteiger partial charge is 0.497 e. The summed E-state index contributed by atoms with van der Waals surface area (Å²) < 4.78 is 6.68. The Morgan fingerprint density at radius 1 is 1.08 bits per heavy atom. The van der Waals surface area contributed by atoms with Crippen molar-refractivity contribution in [2.75, 3.05) is 12.4 Å². The number of amides is 1. The zero-order chi connectivity index (χ0) is 17.9. The molecular formula is C19H15N5O2. The van der Waals surface area contributed by atoms with Crippen molar-refractivity contribution in [2.45, 2.75) is 0 Å². The van der Waals surface area contributed by atoms with Gasteiger partial charge in [-0.3, -0.25) is 9.78 Å². The molecule has 0 aliphatic rings. The average Bonchev–Trinajstić information content (AvgIpc) is 3.19. The van der Waals surface area contributed by atoms with Gasteiger partial charge >= 0.3 is 0 Å². The molecule has 128 valence electrons. The van der Waals surface area contributed by atoms with Crippen molar-refractivity contribution < 1.29 is 9.53 Å². The summed E-state index contributed by atoms with van der Waals surface area (Å²) in [6, 6.07) is 16.6. The first-order valence-corrected chi connectivity index (χ1v) is 7.96. The summed E-state index contributed by atoms with van der Waals surface area (Å²) in [6.45, 7) is 0. The maximum absolute atomic E-state index is 12.5. The molecule has 4 rings (SSSR count). The highest BCUT2D eigenvalue weighted by molar-refractivity contribution is 6.07. The van der Waals surface area contributed by atoms with Crippen LogP contribution in [-0.2, 0) is 0 Å². The van der Waals surface area contributed by atoms with Crippen molar-refractivity contribution in [1.29, 1.82) is 0 Å². The standard InChI is InChI=1S/C19H15N5O2/c1-26-14-9-7-13(8-10-14)24-12-18(22-23-24)19(25)21-17-6-2-5-16-15(17)4-3-11-20-16/h2-12H,1H3,(H,21,25). The molecule has 26 heavy (non-hydrogen) atoms. The van der Waals surface area contributed by atoms with E-state index in [1.807, 2.05) is 54.6 Å². The van der Waals surface area contributed by atoms with Gasteiger partial charge in [0.05, 0.1) is 30.2 Å². The van der Waals surface area contributed by atoms with Gasteiger partial charge in [-0.05, 0) is 48.5 Å². The summed E-state index contributed by atoms with van der Waals surface area (Å²) in [5.74, 6) is 0.414. The number of hydrogen-bond acceptors (Lipinski definition) is 5. The third-order valence-corrected chi connectivity index (χ3v) is 3.96. The Balaban J connectivity index is 1.58. The Morgan fingerprint density at radius 2 is 1.92 bits per heavy atom. The summed E-state index contributed by atoms with van der Waals surface area (Å²) >= 11 is 0. The maximum atomic E-state index is 12.5. The third-order valence-electron chi connectivity index (χ3n) is 3.96. The predicted octanol–water partition coefficient (Wildman–Crippen LogP) is 3.08. The van der Waals surface area contributed by atoms with E-state index < -0.39 is 0 Å². The van der Waals surface area contributed by atoms with Gasteiger partial charge in [-0.2, -0.15) is 0 Å². The summed E-state index contributed by atoms with van der Waals surface area (Å²) in [5.41, 5.74) is 2.50. The van der Waals surface area contributed by atoms with Crippen LogP contribution in [0.15, 0.2) is 67.0 Å². The lowest BCUT2D eigenvalue weighted by Gasteiger charge is -2.06. The summed E-state index contributed by atoms with van der Waals surface area (Å²) in [5, 5.41) is 11.7. The maximum Gasteiger partial charge on any atom is 0.277 e. The minimum Gasteiger partial charge on any atom is -0.497 e.